The van der Waals surface area contributed by atoms with Crippen LogP contribution >= 0.6 is 31.9 Å². The summed E-state index contributed by atoms with van der Waals surface area (Å²) in [5.41, 5.74) is 10.3. The van der Waals surface area contributed by atoms with Gasteiger partial charge in [-0.2, -0.15) is 0 Å². The van der Waals surface area contributed by atoms with Crippen molar-refractivity contribution in [1.29, 1.82) is 0 Å². The van der Waals surface area contributed by atoms with Crippen LogP contribution in [0.3, 0.4) is 0 Å². The number of rotatable bonds is 4. The largest absolute Gasteiger partial charge is 0.388 e. The van der Waals surface area contributed by atoms with Crippen LogP contribution in [-0.2, 0) is 0 Å². The third-order valence-electron chi connectivity index (χ3n) is 3.82. The maximum absolute atomic E-state index is 10.7. The Kier molecular flexibility index (Phi) is 5.60. The molecular formula is C17H19Br2NO. The predicted octanol–water partition coefficient (Wildman–Crippen LogP) is 4.60. The monoisotopic (exact) mass is 411 g/mol. The zero-order valence-electron chi connectivity index (χ0n) is 12.1. The molecule has 21 heavy (non-hydrogen) atoms. The molecular weight excluding hydrogens is 394 g/mol. The van der Waals surface area contributed by atoms with Crippen molar-refractivity contribution in [2.45, 2.75) is 25.9 Å². The van der Waals surface area contributed by atoms with E-state index < -0.39 is 6.10 Å². The van der Waals surface area contributed by atoms with Gasteiger partial charge in [0, 0.05) is 21.4 Å². The minimum atomic E-state index is -0.633. The van der Waals surface area contributed by atoms with Crippen molar-refractivity contribution in [2.24, 2.45) is 5.73 Å². The highest BCUT2D eigenvalue weighted by Gasteiger charge is 2.22. The van der Waals surface area contributed by atoms with Gasteiger partial charge < -0.3 is 10.8 Å². The lowest BCUT2D eigenvalue weighted by Crippen LogP contribution is -2.20. The summed E-state index contributed by atoms with van der Waals surface area (Å²) in [6.45, 7) is 4.56. The van der Waals surface area contributed by atoms with Crippen LogP contribution in [0.2, 0.25) is 0 Å². The molecule has 4 heteroatoms. The second-order valence-electron chi connectivity index (χ2n) is 5.33. The number of nitrogens with two attached hydrogens (primary N) is 1. The molecule has 0 aliphatic heterocycles. The molecule has 2 aromatic carbocycles. The first kappa shape index (κ1) is 16.7. The van der Waals surface area contributed by atoms with Gasteiger partial charge >= 0.3 is 0 Å². The Balaban J connectivity index is 2.37. The summed E-state index contributed by atoms with van der Waals surface area (Å²) in [5, 5.41) is 10.7. The Morgan fingerprint density at radius 3 is 2.10 bits per heavy atom. The van der Waals surface area contributed by atoms with Gasteiger partial charge in [-0.15, -0.1) is 0 Å². The van der Waals surface area contributed by atoms with E-state index in [1.807, 2.05) is 18.2 Å². The van der Waals surface area contributed by atoms with Crippen molar-refractivity contribution < 1.29 is 5.11 Å². The summed E-state index contributed by atoms with van der Waals surface area (Å²) in [6.07, 6.45) is -0.633. The molecule has 0 amide bonds. The van der Waals surface area contributed by atoms with E-state index in [0.29, 0.717) is 6.54 Å². The Morgan fingerprint density at radius 2 is 1.57 bits per heavy atom. The van der Waals surface area contributed by atoms with Crippen LogP contribution < -0.4 is 5.73 Å². The van der Waals surface area contributed by atoms with Gasteiger partial charge in [-0.25, -0.2) is 0 Å². The predicted molar refractivity (Wildman–Crippen MR) is 94.5 cm³/mol. The number of aliphatic hydroxyl groups is 1. The van der Waals surface area contributed by atoms with E-state index in [1.165, 1.54) is 11.1 Å². The van der Waals surface area contributed by atoms with Crippen LogP contribution in [-0.4, -0.2) is 11.7 Å². The van der Waals surface area contributed by atoms with Crippen LogP contribution in [0.5, 0.6) is 0 Å². The Hall–Kier alpha value is -0.680. The normalized spacial score (nSPS) is 14.0. The zero-order valence-corrected chi connectivity index (χ0v) is 15.3. The summed E-state index contributed by atoms with van der Waals surface area (Å²) in [6, 6.07) is 12.1. The number of halogens is 2. The van der Waals surface area contributed by atoms with Crippen molar-refractivity contribution in [1.82, 2.24) is 0 Å². The SMILES string of the molecule is Cc1ccc(C(CN)C(O)c2cc(Br)cc(Br)c2)cc1C. The molecule has 112 valence electrons. The molecule has 0 saturated heterocycles. The zero-order chi connectivity index (χ0) is 15.6. The van der Waals surface area contributed by atoms with Crippen LogP contribution in [0.15, 0.2) is 45.3 Å². The fourth-order valence-electron chi connectivity index (χ4n) is 2.42. The standard InChI is InChI=1S/C17H19Br2NO/c1-10-3-4-12(5-11(10)2)16(9-20)17(21)13-6-14(18)8-15(19)7-13/h3-8,16-17,21H,9,20H2,1-2H3. The third-order valence-corrected chi connectivity index (χ3v) is 4.74. The highest BCUT2D eigenvalue weighted by Crippen LogP contribution is 2.33. The molecule has 2 atom stereocenters. The van der Waals surface area contributed by atoms with E-state index in [0.717, 1.165) is 20.1 Å². The molecule has 0 heterocycles. The van der Waals surface area contributed by atoms with Crippen LogP contribution in [0.25, 0.3) is 0 Å². The molecule has 0 bridgehead atoms. The lowest BCUT2D eigenvalue weighted by atomic mass is 9.88. The first-order valence-electron chi connectivity index (χ1n) is 6.83. The molecule has 0 radical (unpaired) electrons. The number of benzene rings is 2. The van der Waals surface area contributed by atoms with E-state index in [4.69, 9.17) is 5.73 Å². The minimum Gasteiger partial charge on any atom is -0.388 e. The van der Waals surface area contributed by atoms with Gasteiger partial charge in [0.25, 0.3) is 0 Å². The van der Waals surface area contributed by atoms with E-state index in [2.05, 4.69) is 63.9 Å². The fourth-order valence-corrected chi connectivity index (χ4v) is 3.75. The van der Waals surface area contributed by atoms with Gasteiger partial charge in [-0.05, 0) is 54.3 Å². The molecule has 0 aliphatic carbocycles. The molecule has 3 N–H and O–H groups in total. The van der Waals surface area contributed by atoms with E-state index >= 15 is 0 Å². The van der Waals surface area contributed by atoms with Crippen LogP contribution in [0.1, 0.15) is 34.3 Å². The second-order valence-corrected chi connectivity index (χ2v) is 7.16. The quantitative estimate of drug-likeness (QED) is 0.770. The summed E-state index contributed by atoms with van der Waals surface area (Å²) in [4.78, 5) is 0. The van der Waals surface area contributed by atoms with Crippen LogP contribution in [0.4, 0.5) is 0 Å². The van der Waals surface area contributed by atoms with Gasteiger partial charge in [0.1, 0.15) is 0 Å². The number of aliphatic hydroxyl groups excluding tert-OH is 1. The highest BCUT2D eigenvalue weighted by molar-refractivity contribution is 9.11. The first-order chi connectivity index (χ1) is 9.92. The molecule has 0 aliphatic rings. The lowest BCUT2D eigenvalue weighted by molar-refractivity contribution is 0.147. The minimum absolute atomic E-state index is 0.120. The van der Waals surface area contributed by atoms with Gasteiger partial charge in [-0.3, -0.25) is 0 Å². The summed E-state index contributed by atoms with van der Waals surface area (Å²) < 4.78 is 1.86. The topological polar surface area (TPSA) is 46.2 Å². The highest BCUT2D eigenvalue weighted by atomic mass is 79.9. The molecule has 2 rings (SSSR count). The van der Waals surface area contributed by atoms with E-state index in [-0.39, 0.29) is 5.92 Å². The maximum atomic E-state index is 10.7. The Labute approximate surface area is 142 Å². The van der Waals surface area contributed by atoms with Crippen molar-refractivity contribution in [3.05, 3.63) is 67.6 Å². The molecule has 0 spiro atoms. The number of hydrogen-bond acceptors (Lipinski definition) is 2. The first-order valence-corrected chi connectivity index (χ1v) is 8.42. The summed E-state index contributed by atoms with van der Waals surface area (Å²) >= 11 is 6.91. The maximum Gasteiger partial charge on any atom is 0.0871 e. The lowest BCUT2D eigenvalue weighted by Gasteiger charge is -2.23. The van der Waals surface area contributed by atoms with Crippen molar-refractivity contribution >= 4 is 31.9 Å². The summed E-state index contributed by atoms with van der Waals surface area (Å²) in [7, 11) is 0. The third kappa shape index (κ3) is 3.95. The molecule has 0 saturated carbocycles. The van der Waals surface area contributed by atoms with E-state index in [1.54, 1.807) is 0 Å². The smallest absolute Gasteiger partial charge is 0.0871 e. The average molecular weight is 413 g/mol. The van der Waals surface area contributed by atoms with Gasteiger partial charge in [-0.1, -0.05) is 50.1 Å². The van der Waals surface area contributed by atoms with Gasteiger partial charge in [0.2, 0.25) is 0 Å². The molecule has 2 nitrogen and oxygen atoms in total. The Bertz CT molecular complexity index is 622. The average Bonchev–Trinajstić information content (AvgIpc) is 2.42. The molecule has 2 unspecified atom stereocenters. The molecule has 0 aromatic heterocycles. The van der Waals surface area contributed by atoms with Crippen molar-refractivity contribution in [2.75, 3.05) is 6.54 Å². The van der Waals surface area contributed by atoms with Crippen molar-refractivity contribution in [3.63, 3.8) is 0 Å². The van der Waals surface area contributed by atoms with Gasteiger partial charge in [0.05, 0.1) is 6.10 Å². The fraction of sp³-hybridized carbons (Fsp3) is 0.294. The van der Waals surface area contributed by atoms with Gasteiger partial charge in [0.15, 0.2) is 0 Å². The summed E-state index contributed by atoms with van der Waals surface area (Å²) in [5.74, 6) is -0.120. The van der Waals surface area contributed by atoms with E-state index in [9.17, 15) is 5.11 Å². The second kappa shape index (κ2) is 7.05. The number of aryl methyl sites for hydroxylation is 2. The Morgan fingerprint density at radius 1 is 0.952 bits per heavy atom. The molecule has 0 fully saturated rings. The van der Waals surface area contributed by atoms with Crippen molar-refractivity contribution in [3.8, 4) is 0 Å². The number of hydrogen-bond donors (Lipinski definition) is 2. The van der Waals surface area contributed by atoms with Crippen LogP contribution in [0, 0.1) is 13.8 Å². The molecule has 2 aromatic rings.